The van der Waals surface area contributed by atoms with Crippen LogP contribution in [0.1, 0.15) is 84.5 Å². The first-order chi connectivity index (χ1) is 9.70. The Balaban J connectivity index is 0. The second kappa shape index (κ2) is 18.2. The van der Waals surface area contributed by atoms with Crippen molar-refractivity contribution in [3.63, 3.8) is 0 Å². The average Bonchev–Trinajstić information content (AvgIpc) is 2.43. The molecule has 0 aliphatic carbocycles. The monoisotopic (exact) mass is 338 g/mol. The van der Waals surface area contributed by atoms with Gasteiger partial charge < -0.3 is 17.5 Å². The van der Waals surface area contributed by atoms with Crippen molar-refractivity contribution in [3.8, 4) is 0 Å². The molecular formula is C17H35ClO2S. The number of halogens is 1. The summed E-state index contributed by atoms with van der Waals surface area (Å²) in [4.78, 5) is 10.5. The lowest BCUT2D eigenvalue weighted by Crippen LogP contribution is -3.00. The zero-order valence-corrected chi connectivity index (χ0v) is 15.6. The first-order valence-corrected chi connectivity index (χ1v) is 10.3. The topological polar surface area (TPSA) is 37.3 Å². The van der Waals surface area contributed by atoms with E-state index in [1.807, 2.05) is 0 Å². The lowest BCUT2D eigenvalue weighted by molar-refractivity contribution is -0.137. The van der Waals surface area contributed by atoms with Gasteiger partial charge in [-0.05, 0) is 43.0 Å². The van der Waals surface area contributed by atoms with E-state index in [0.717, 1.165) is 12.8 Å². The Bertz CT molecular complexity index is 225. The standard InChI is InChI=1S/C17H34O2S.ClH/c1-3-5-7-8-9-11-15-20(14-6-4-2)16-12-10-13-17(18)19;/h3-16H2,1-2H3;1H. The van der Waals surface area contributed by atoms with Crippen LogP contribution in [0, 0.1) is 0 Å². The molecular weight excluding hydrogens is 304 g/mol. The molecule has 0 saturated heterocycles. The second-order valence-electron chi connectivity index (χ2n) is 5.70. The molecule has 0 radical (unpaired) electrons. The molecule has 0 saturated carbocycles. The summed E-state index contributed by atoms with van der Waals surface area (Å²) in [5.74, 6) is 3.38. The van der Waals surface area contributed by atoms with E-state index in [2.05, 4.69) is 13.8 Å². The van der Waals surface area contributed by atoms with Crippen LogP contribution in [0.5, 0.6) is 0 Å². The van der Waals surface area contributed by atoms with Gasteiger partial charge in [-0.2, -0.15) is 0 Å². The van der Waals surface area contributed by atoms with Gasteiger partial charge in [0.1, 0.15) is 17.3 Å². The zero-order valence-electron chi connectivity index (χ0n) is 14.0. The minimum atomic E-state index is -0.644. The van der Waals surface area contributed by atoms with Crippen molar-refractivity contribution in [2.45, 2.75) is 84.5 Å². The van der Waals surface area contributed by atoms with Crippen LogP contribution in [-0.4, -0.2) is 28.3 Å². The highest BCUT2D eigenvalue weighted by atomic mass is 35.5. The Labute approximate surface area is 141 Å². The largest absolute Gasteiger partial charge is 1.00 e. The van der Waals surface area contributed by atoms with Gasteiger partial charge in [-0.15, -0.1) is 0 Å². The first-order valence-electron chi connectivity index (χ1n) is 8.56. The highest BCUT2D eigenvalue weighted by Crippen LogP contribution is 2.12. The molecule has 1 atom stereocenters. The molecule has 2 nitrogen and oxygen atoms in total. The molecule has 1 unspecified atom stereocenters. The maximum absolute atomic E-state index is 10.5. The highest BCUT2D eigenvalue weighted by Gasteiger charge is 2.16. The molecule has 0 amide bonds. The smallest absolute Gasteiger partial charge is 0.303 e. The number of rotatable bonds is 15. The fourth-order valence-corrected chi connectivity index (χ4v) is 4.86. The molecule has 0 aliphatic rings. The summed E-state index contributed by atoms with van der Waals surface area (Å²) in [6, 6.07) is 0. The number of carboxylic acids is 1. The van der Waals surface area contributed by atoms with Gasteiger partial charge in [0.05, 0.1) is 0 Å². The number of hydrogen-bond donors (Lipinski definition) is 1. The second-order valence-corrected chi connectivity index (χ2v) is 8.15. The number of carboxylic acid groups (broad SMARTS) is 1. The molecule has 0 bridgehead atoms. The Morgan fingerprint density at radius 3 is 1.81 bits per heavy atom. The van der Waals surface area contributed by atoms with E-state index in [0.29, 0.717) is 17.3 Å². The van der Waals surface area contributed by atoms with Gasteiger partial charge in [0.25, 0.3) is 0 Å². The van der Waals surface area contributed by atoms with Crippen LogP contribution in [-0.2, 0) is 15.7 Å². The van der Waals surface area contributed by atoms with Gasteiger partial charge in [0, 0.05) is 6.42 Å². The van der Waals surface area contributed by atoms with Crippen molar-refractivity contribution >= 4 is 16.9 Å². The summed E-state index contributed by atoms with van der Waals surface area (Å²) in [5, 5.41) is 8.67. The fraction of sp³-hybridized carbons (Fsp3) is 0.941. The lowest BCUT2D eigenvalue weighted by atomic mass is 10.1. The summed E-state index contributed by atoms with van der Waals surface area (Å²) in [6.07, 6.45) is 13.2. The lowest BCUT2D eigenvalue weighted by Gasteiger charge is -2.08. The molecule has 4 heteroatoms. The van der Waals surface area contributed by atoms with Crippen molar-refractivity contribution in [1.82, 2.24) is 0 Å². The Kier molecular flexibility index (Phi) is 20.2. The molecule has 128 valence electrons. The van der Waals surface area contributed by atoms with Crippen molar-refractivity contribution in [2.24, 2.45) is 0 Å². The van der Waals surface area contributed by atoms with Gasteiger partial charge >= 0.3 is 5.97 Å². The number of hydrogen-bond acceptors (Lipinski definition) is 1. The van der Waals surface area contributed by atoms with Crippen LogP contribution < -0.4 is 12.4 Å². The predicted octanol–water partition coefficient (Wildman–Crippen LogP) is 2.02. The molecule has 0 spiro atoms. The van der Waals surface area contributed by atoms with Crippen molar-refractivity contribution in [2.75, 3.05) is 17.3 Å². The van der Waals surface area contributed by atoms with Crippen molar-refractivity contribution in [3.05, 3.63) is 0 Å². The first kappa shape index (κ1) is 23.4. The maximum atomic E-state index is 10.5. The van der Waals surface area contributed by atoms with E-state index < -0.39 is 5.97 Å². The van der Waals surface area contributed by atoms with Crippen LogP contribution in [0.15, 0.2) is 0 Å². The molecule has 0 aliphatic heterocycles. The van der Waals surface area contributed by atoms with Gasteiger partial charge in [0.15, 0.2) is 0 Å². The molecule has 0 aromatic rings. The minimum absolute atomic E-state index is 0. The molecule has 0 fully saturated rings. The SMILES string of the molecule is CCCCCCCC[S+](CCCC)CCCCC(=O)O.[Cl-]. The zero-order chi connectivity index (χ0) is 15.1. The third kappa shape index (κ3) is 18.1. The summed E-state index contributed by atoms with van der Waals surface area (Å²) < 4.78 is 0. The average molecular weight is 339 g/mol. The summed E-state index contributed by atoms with van der Waals surface area (Å²) in [6.45, 7) is 4.52. The Morgan fingerprint density at radius 1 is 0.762 bits per heavy atom. The van der Waals surface area contributed by atoms with Gasteiger partial charge in [0.2, 0.25) is 0 Å². The van der Waals surface area contributed by atoms with Crippen LogP contribution >= 0.6 is 0 Å². The predicted molar refractivity (Wildman–Crippen MR) is 91.7 cm³/mol. The summed E-state index contributed by atoms with van der Waals surface area (Å²) >= 11 is 0. The van der Waals surface area contributed by atoms with E-state index in [1.165, 1.54) is 68.6 Å². The minimum Gasteiger partial charge on any atom is -1.00 e. The Hall–Kier alpha value is 0.110. The molecule has 0 heterocycles. The van der Waals surface area contributed by atoms with E-state index >= 15 is 0 Å². The van der Waals surface area contributed by atoms with Crippen molar-refractivity contribution < 1.29 is 22.3 Å². The van der Waals surface area contributed by atoms with Gasteiger partial charge in [-0.1, -0.05) is 46.0 Å². The van der Waals surface area contributed by atoms with E-state index in [1.54, 1.807) is 0 Å². The molecule has 0 aromatic heterocycles. The quantitative estimate of drug-likeness (QED) is 0.366. The molecule has 0 rings (SSSR count). The van der Waals surface area contributed by atoms with Crippen LogP contribution in [0.3, 0.4) is 0 Å². The normalized spacial score (nSPS) is 11.9. The molecule has 21 heavy (non-hydrogen) atoms. The summed E-state index contributed by atoms with van der Waals surface area (Å²) in [7, 11) is 0.561. The van der Waals surface area contributed by atoms with E-state index in [4.69, 9.17) is 5.11 Å². The van der Waals surface area contributed by atoms with Crippen LogP contribution in [0.4, 0.5) is 0 Å². The maximum Gasteiger partial charge on any atom is 0.303 e. The molecule has 0 aromatic carbocycles. The van der Waals surface area contributed by atoms with Gasteiger partial charge in [-0.25, -0.2) is 0 Å². The third-order valence-electron chi connectivity index (χ3n) is 3.65. The highest BCUT2D eigenvalue weighted by molar-refractivity contribution is 7.96. The summed E-state index contributed by atoms with van der Waals surface area (Å²) in [5.41, 5.74) is 0. The Morgan fingerprint density at radius 2 is 1.24 bits per heavy atom. The van der Waals surface area contributed by atoms with Crippen molar-refractivity contribution in [1.29, 1.82) is 0 Å². The van der Waals surface area contributed by atoms with Gasteiger partial charge in [-0.3, -0.25) is 4.79 Å². The van der Waals surface area contributed by atoms with Crippen LogP contribution in [0.25, 0.3) is 0 Å². The molecule has 1 N–H and O–H groups in total. The number of carbonyl (C=O) groups is 1. The van der Waals surface area contributed by atoms with E-state index in [-0.39, 0.29) is 12.4 Å². The van der Waals surface area contributed by atoms with Crippen LogP contribution in [0.2, 0.25) is 0 Å². The number of unbranched alkanes of at least 4 members (excludes halogenated alkanes) is 7. The fourth-order valence-electron chi connectivity index (χ4n) is 2.32. The third-order valence-corrected chi connectivity index (χ3v) is 6.24. The van der Waals surface area contributed by atoms with E-state index in [9.17, 15) is 4.79 Å². The number of aliphatic carboxylic acids is 1.